The van der Waals surface area contributed by atoms with Crippen LogP contribution in [-0.2, 0) is 16.8 Å². The van der Waals surface area contributed by atoms with Crippen molar-refractivity contribution in [3.8, 4) is 11.5 Å². The number of benzene rings is 3. The molecule has 6 heteroatoms. The lowest BCUT2D eigenvalue weighted by molar-refractivity contribution is -0.118. The average molecular weight is 616 g/mol. The molecular weight excluding hydrogens is 570 g/mol. The second-order valence-corrected chi connectivity index (χ2v) is 14.5. The number of fused-ring (bicyclic) bond motifs is 3. The highest BCUT2D eigenvalue weighted by Gasteiger charge is 2.47. The highest BCUT2D eigenvalue weighted by molar-refractivity contribution is 6.30. The van der Waals surface area contributed by atoms with Gasteiger partial charge in [0.1, 0.15) is 0 Å². The summed E-state index contributed by atoms with van der Waals surface area (Å²) in [5, 5.41) is 12.8. The fourth-order valence-corrected chi connectivity index (χ4v) is 8.34. The summed E-state index contributed by atoms with van der Waals surface area (Å²) < 4.78 is 11.8. The molecule has 2 saturated carbocycles. The molecule has 3 aromatic carbocycles. The van der Waals surface area contributed by atoms with Gasteiger partial charge in [0.25, 0.3) is 0 Å². The van der Waals surface area contributed by atoms with Gasteiger partial charge in [-0.2, -0.15) is 0 Å². The first-order chi connectivity index (χ1) is 21.0. The van der Waals surface area contributed by atoms with Crippen molar-refractivity contribution >= 4 is 23.2 Å². The normalized spacial score (nSPS) is 26.5. The number of aliphatic hydroxyl groups is 1. The van der Waals surface area contributed by atoms with E-state index in [2.05, 4.69) is 6.92 Å². The SMILES string of the molecule is COc1cc2c(cc1OC(C)C)[C@H](c1ccc(Cl)cc1)N(c1ccc([C@@](C)(O)C3(C)CCCC4CCC(C4)C3)cc1)C(=O)C2. The summed E-state index contributed by atoms with van der Waals surface area (Å²) in [7, 11) is 1.63. The summed E-state index contributed by atoms with van der Waals surface area (Å²) >= 11 is 6.29. The predicted octanol–water partition coefficient (Wildman–Crippen LogP) is 9.02. The minimum absolute atomic E-state index is 0.000640. The number of halogens is 1. The van der Waals surface area contributed by atoms with Gasteiger partial charge in [0.2, 0.25) is 5.91 Å². The van der Waals surface area contributed by atoms with E-state index in [0.29, 0.717) is 22.4 Å². The van der Waals surface area contributed by atoms with Crippen LogP contribution in [0.2, 0.25) is 5.02 Å². The number of rotatable bonds is 7. The number of amides is 1. The number of hydrogen-bond donors (Lipinski definition) is 1. The van der Waals surface area contributed by atoms with E-state index in [1.54, 1.807) is 7.11 Å². The van der Waals surface area contributed by atoms with Gasteiger partial charge in [-0.25, -0.2) is 0 Å². The van der Waals surface area contributed by atoms with E-state index in [1.165, 1.54) is 32.1 Å². The topological polar surface area (TPSA) is 59.0 Å². The summed E-state index contributed by atoms with van der Waals surface area (Å²) in [4.78, 5) is 15.9. The Morgan fingerprint density at radius 2 is 1.70 bits per heavy atom. The molecule has 6 rings (SSSR count). The monoisotopic (exact) mass is 615 g/mol. The van der Waals surface area contributed by atoms with Gasteiger partial charge in [0.05, 0.1) is 31.3 Å². The van der Waals surface area contributed by atoms with Crippen LogP contribution in [0.5, 0.6) is 11.5 Å². The van der Waals surface area contributed by atoms with Crippen LogP contribution in [0.3, 0.4) is 0 Å². The van der Waals surface area contributed by atoms with Gasteiger partial charge in [0, 0.05) is 16.1 Å². The number of carbonyl (C=O) groups is 1. The first-order valence-electron chi connectivity index (χ1n) is 16.3. The van der Waals surface area contributed by atoms with Gasteiger partial charge in [-0.15, -0.1) is 0 Å². The fraction of sp³-hybridized carbons (Fsp3) is 0.500. The standard InChI is InChI=1S/C38H46ClNO4/c1-24(2)44-34-22-32-28(20-33(34)43-5)21-35(41)40(36(32)27-10-14-30(39)15-11-27)31-16-12-29(13-17-31)38(4,42)37(3)18-6-7-25-8-9-26(19-25)23-37/h10-17,20,22,24-26,36,42H,6-9,18-19,21,23H2,1-5H3/t25?,26?,36-,37?,38+/m0/s1. The molecule has 3 aromatic rings. The third-order valence-corrected chi connectivity index (χ3v) is 11.0. The summed E-state index contributed by atoms with van der Waals surface area (Å²) in [6.07, 6.45) is 8.69. The lowest BCUT2D eigenvalue weighted by Crippen LogP contribution is -2.43. The van der Waals surface area contributed by atoms with Crippen molar-refractivity contribution in [1.82, 2.24) is 0 Å². The van der Waals surface area contributed by atoms with Gasteiger partial charge in [-0.1, -0.05) is 68.5 Å². The zero-order chi connectivity index (χ0) is 31.2. The van der Waals surface area contributed by atoms with E-state index in [0.717, 1.165) is 46.7 Å². The van der Waals surface area contributed by atoms with E-state index in [1.807, 2.05) is 86.3 Å². The molecule has 2 fully saturated rings. The molecular formula is C38H46ClNO4. The molecule has 234 valence electrons. The molecule has 1 N–H and O–H groups in total. The smallest absolute Gasteiger partial charge is 0.232 e. The van der Waals surface area contributed by atoms with Crippen LogP contribution in [0, 0.1) is 17.3 Å². The van der Waals surface area contributed by atoms with Crippen LogP contribution in [0.1, 0.15) is 101 Å². The van der Waals surface area contributed by atoms with E-state index < -0.39 is 5.60 Å². The molecule has 1 amide bonds. The second-order valence-electron chi connectivity index (χ2n) is 14.1. The van der Waals surface area contributed by atoms with Crippen molar-refractivity contribution in [2.75, 3.05) is 12.0 Å². The maximum Gasteiger partial charge on any atom is 0.232 e. The first-order valence-corrected chi connectivity index (χ1v) is 16.6. The van der Waals surface area contributed by atoms with Gasteiger partial charge >= 0.3 is 0 Å². The molecule has 0 aromatic heterocycles. The molecule has 1 heterocycles. The Balaban J connectivity index is 1.38. The molecule has 3 unspecified atom stereocenters. The maximum atomic E-state index is 14.0. The number of hydrogen-bond acceptors (Lipinski definition) is 4. The van der Waals surface area contributed by atoms with E-state index in [9.17, 15) is 9.90 Å². The molecule has 0 radical (unpaired) electrons. The van der Waals surface area contributed by atoms with Gasteiger partial charge < -0.3 is 19.5 Å². The molecule has 0 spiro atoms. The minimum Gasteiger partial charge on any atom is -0.493 e. The van der Waals surface area contributed by atoms with Crippen LogP contribution in [0.25, 0.3) is 0 Å². The van der Waals surface area contributed by atoms with Gasteiger partial charge in [0.15, 0.2) is 11.5 Å². The number of anilines is 1. The quantitative estimate of drug-likeness (QED) is 0.288. The van der Waals surface area contributed by atoms with Crippen LogP contribution in [-0.4, -0.2) is 24.2 Å². The van der Waals surface area contributed by atoms with E-state index >= 15 is 0 Å². The Hall–Kier alpha value is -3.02. The molecule has 5 nitrogen and oxygen atoms in total. The number of nitrogens with zero attached hydrogens (tertiary/aromatic N) is 1. The van der Waals surface area contributed by atoms with Gasteiger partial charge in [-0.05, 0) is 111 Å². The Kier molecular flexibility index (Phi) is 8.49. The Bertz CT molecular complexity index is 1500. The van der Waals surface area contributed by atoms with Crippen molar-refractivity contribution in [3.63, 3.8) is 0 Å². The fourth-order valence-electron chi connectivity index (χ4n) is 8.21. The van der Waals surface area contributed by atoms with Crippen molar-refractivity contribution in [2.24, 2.45) is 17.3 Å². The maximum absolute atomic E-state index is 14.0. The van der Waals surface area contributed by atoms with Crippen LogP contribution < -0.4 is 14.4 Å². The van der Waals surface area contributed by atoms with Gasteiger partial charge in [-0.3, -0.25) is 4.79 Å². The molecule has 5 atom stereocenters. The van der Waals surface area contributed by atoms with E-state index in [-0.39, 0.29) is 29.9 Å². The molecule has 0 saturated heterocycles. The number of methoxy groups -OCH3 is 1. The summed E-state index contributed by atoms with van der Waals surface area (Å²) in [6.45, 7) is 8.26. The number of carbonyl (C=O) groups excluding carboxylic acids is 1. The molecule has 1 aliphatic heterocycles. The van der Waals surface area contributed by atoms with Crippen LogP contribution in [0.15, 0.2) is 60.7 Å². The molecule has 2 aliphatic carbocycles. The van der Waals surface area contributed by atoms with Crippen molar-refractivity contribution in [2.45, 2.75) is 96.8 Å². The summed E-state index contributed by atoms with van der Waals surface area (Å²) in [6, 6.07) is 19.3. The summed E-state index contributed by atoms with van der Waals surface area (Å²) in [5.74, 6) is 2.85. The van der Waals surface area contributed by atoms with Crippen molar-refractivity contribution in [1.29, 1.82) is 0 Å². The largest absolute Gasteiger partial charge is 0.493 e. The highest BCUT2D eigenvalue weighted by Crippen LogP contribution is 2.53. The Labute approximate surface area is 267 Å². The average Bonchev–Trinajstić information content (AvgIpc) is 3.45. The minimum atomic E-state index is -0.977. The first kappa shape index (κ1) is 31.0. The van der Waals surface area contributed by atoms with Crippen molar-refractivity contribution in [3.05, 3.63) is 87.9 Å². The summed E-state index contributed by atoms with van der Waals surface area (Å²) in [5.41, 5.74) is 3.40. The predicted molar refractivity (Wildman–Crippen MR) is 177 cm³/mol. The zero-order valence-corrected chi connectivity index (χ0v) is 27.5. The van der Waals surface area contributed by atoms with E-state index in [4.69, 9.17) is 21.1 Å². The second kappa shape index (κ2) is 12.1. The lowest BCUT2D eigenvalue weighted by Gasteiger charge is -2.46. The molecule has 44 heavy (non-hydrogen) atoms. The third kappa shape index (κ3) is 5.74. The lowest BCUT2D eigenvalue weighted by atomic mass is 9.62. The Morgan fingerprint density at radius 1 is 1.00 bits per heavy atom. The number of ether oxygens (including phenoxy) is 2. The highest BCUT2D eigenvalue weighted by atomic mass is 35.5. The van der Waals surface area contributed by atoms with Crippen molar-refractivity contribution < 1.29 is 19.4 Å². The molecule has 3 aliphatic rings. The third-order valence-electron chi connectivity index (χ3n) is 10.7. The Morgan fingerprint density at radius 3 is 2.39 bits per heavy atom. The zero-order valence-electron chi connectivity index (χ0n) is 26.7. The van der Waals surface area contributed by atoms with Crippen LogP contribution >= 0.6 is 11.6 Å². The van der Waals surface area contributed by atoms with Crippen LogP contribution in [0.4, 0.5) is 5.69 Å². The molecule has 2 bridgehead atoms.